The number of anilines is 1. The molecule has 0 unspecified atom stereocenters. The molecule has 0 fully saturated rings. The van der Waals surface area contributed by atoms with Gasteiger partial charge in [-0.15, -0.1) is 5.11 Å². The maximum atomic E-state index is 5.81. The van der Waals surface area contributed by atoms with Gasteiger partial charge in [0.15, 0.2) is 0 Å². The molecular weight excluding hydrogens is 262 g/mol. The van der Waals surface area contributed by atoms with Crippen molar-refractivity contribution >= 4 is 28.7 Å². The number of nitrogens with zero attached hydrogens (tertiary/aromatic N) is 2. The summed E-state index contributed by atoms with van der Waals surface area (Å²) < 4.78 is 5.47. The summed E-state index contributed by atoms with van der Waals surface area (Å²) in [6.45, 7) is 2.45. The highest BCUT2D eigenvalue weighted by atomic mass is 35.5. The number of benzene rings is 2. The Balaban J connectivity index is 2.24. The summed E-state index contributed by atoms with van der Waals surface area (Å²) in [5.74, 6) is 0.625. The van der Waals surface area contributed by atoms with Crippen molar-refractivity contribution in [1.82, 2.24) is 0 Å². The maximum Gasteiger partial charge on any atom is 0.148 e. The van der Waals surface area contributed by atoms with Crippen LogP contribution in [0.2, 0.25) is 5.02 Å². The molecule has 0 saturated heterocycles. The third kappa shape index (κ3) is 3.69. The van der Waals surface area contributed by atoms with Crippen molar-refractivity contribution in [3.63, 3.8) is 0 Å². The fraction of sp³-hybridized carbons (Fsp3) is 0.143. The average Bonchev–Trinajstić information content (AvgIpc) is 2.40. The van der Waals surface area contributed by atoms with E-state index in [9.17, 15) is 0 Å². The van der Waals surface area contributed by atoms with Crippen LogP contribution in [-0.2, 0) is 0 Å². The van der Waals surface area contributed by atoms with Crippen LogP contribution in [0.3, 0.4) is 0 Å². The second-order valence-corrected chi connectivity index (χ2v) is 4.27. The molecule has 0 aliphatic carbocycles. The Morgan fingerprint density at radius 2 is 1.84 bits per heavy atom. The van der Waals surface area contributed by atoms with E-state index in [2.05, 4.69) is 10.2 Å². The molecule has 0 spiro atoms. The van der Waals surface area contributed by atoms with Crippen LogP contribution >= 0.6 is 11.6 Å². The normalized spacial score (nSPS) is 10.8. The van der Waals surface area contributed by atoms with Crippen LogP contribution in [-0.4, -0.2) is 6.61 Å². The Morgan fingerprint density at radius 3 is 2.53 bits per heavy atom. The molecular formula is C14H14ClN3O. The predicted octanol–water partition coefficient (Wildman–Crippen LogP) is 4.74. The number of rotatable bonds is 4. The van der Waals surface area contributed by atoms with Gasteiger partial charge in [-0.25, -0.2) is 0 Å². The van der Waals surface area contributed by atoms with Crippen molar-refractivity contribution in [2.75, 3.05) is 12.3 Å². The number of halogens is 1. The van der Waals surface area contributed by atoms with Gasteiger partial charge in [-0.1, -0.05) is 11.6 Å². The molecule has 0 aromatic heterocycles. The first-order valence-corrected chi connectivity index (χ1v) is 6.26. The zero-order valence-corrected chi connectivity index (χ0v) is 11.3. The monoisotopic (exact) mass is 275 g/mol. The molecule has 0 aliphatic heterocycles. The molecule has 4 nitrogen and oxygen atoms in total. The van der Waals surface area contributed by atoms with E-state index in [1.807, 2.05) is 6.92 Å². The Hall–Kier alpha value is -2.07. The third-order valence-corrected chi connectivity index (χ3v) is 2.64. The smallest absolute Gasteiger partial charge is 0.148 e. The third-order valence-electron chi connectivity index (χ3n) is 2.38. The highest BCUT2D eigenvalue weighted by molar-refractivity contribution is 6.30. The molecule has 0 radical (unpaired) electrons. The molecule has 0 bridgehead atoms. The molecule has 0 aliphatic rings. The molecule has 98 valence electrons. The van der Waals surface area contributed by atoms with Crippen molar-refractivity contribution in [3.05, 3.63) is 47.5 Å². The van der Waals surface area contributed by atoms with Crippen molar-refractivity contribution in [2.45, 2.75) is 6.92 Å². The maximum absolute atomic E-state index is 5.81. The minimum absolute atomic E-state index is 0.549. The molecule has 0 atom stereocenters. The number of ether oxygens (including phenoxy) is 1. The molecule has 5 heteroatoms. The van der Waals surface area contributed by atoms with Crippen molar-refractivity contribution < 1.29 is 4.74 Å². The Bertz CT molecular complexity index is 582. The molecule has 2 aromatic rings. The van der Waals surface area contributed by atoms with Gasteiger partial charge in [-0.2, -0.15) is 5.11 Å². The van der Waals surface area contributed by atoms with E-state index < -0.39 is 0 Å². The van der Waals surface area contributed by atoms with E-state index in [0.717, 1.165) is 5.69 Å². The summed E-state index contributed by atoms with van der Waals surface area (Å²) >= 11 is 5.81. The number of hydrogen-bond acceptors (Lipinski definition) is 4. The lowest BCUT2D eigenvalue weighted by Gasteiger charge is -2.06. The van der Waals surface area contributed by atoms with Crippen molar-refractivity contribution in [2.24, 2.45) is 10.2 Å². The lowest BCUT2D eigenvalue weighted by Crippen LogP contribution is -1.93. The first-order chi connectivity index (χ1) is 9.19. The quantitative estimate of drug-likeness (QED) is 0.647. The summed E-state index contributed by atoms with van der Waals surface area (Å²) in [5.41, 5.74) is 7.72. The first kappa shape index (κ1) is 13.4. The fourth-order valence-corrected chi connectivity index (χ4v) is 1.63. The second-order valence-electron chi connectivity index (χ2n) is 3.84. The second kappa shape index (κ2) is 6.20. The van der Waals surface area contributed by atoms with Crippen LogP contribution in [0.4, 0.5) is 17.1 Å². The van der Waals surface area contributed by atoms with Crippen molar-refractivity contribution in [1.29, 1.82) is 0 Å². The zero-order valence-electron chi connectivity index (χ0n) is 10.5. The molecule has 19 heavy (non-hydrogen) atoms. The van der Waals surface area contributed by atoms with Gasteiger partial charge in [0.25, 0.3) is 0 Å². The summed E-state index contributed by atoms with van der Waals surface area (Å²) in [7, 11) is 0. The number of hydrogen-bond donors (Lipinski definition) is 1. The minimum Gasteiger partial charge on any atom is -0.491 e. The molecule has 2 rings (SSSR count). The van der Waals surface area contributed by atoms with Gasteiger partial charge in [-0.3, -0.25) is 0 Å². The van der Waals surface area contributed by atoms with Gasteiger partial charge >= 0.3 is 0 Å². The molecule has 0 heterocycles. The van der Waals surface area contributed by atoms with Gasteiger partial charge < -0.3 is 10.5 Å². The largest absolute Gasteiger partial charge is 0.491 e. The fourth-order valence-electron chi connectivity index (χ4n) is 1.50. The van der Waals surface area contributed by atoms with Crippen molar-refractivity contribution in [3.8, 4) is 5.75 Å². The van der Waals surface area contributed by atoms with Gasteiger partial charge in [-0.05, 0) is 43.3 Å². The summed E-state index contributed by atoms with van der Waals surface area (Å²) in [6.07, 6.45) is 0. The van der Waals surface area contributed by atoms with Crippen LogP contribution in [0.1, 0.15) is 6.92 Å². The van der Waals surface area contributed by atoms with E-state index in [0.29, 0.717) is 28.8 Å². The van der Waals surface area contributed by atoms with E-state index in [1.54, 1.807) is 42.5 Å². The number of azo groups is 1. The van der Waals surface area contributed by atoms with Crippen LogP contribution in [0.25, 0.3) is 0 Å². The highest BCUT2D eigenvalue weighted by Gasteiger charge is 2.03. The van der Waals surface area contributed by atoms with E-state index in [1.165, 1.54) is 0 Å². The standard InChI is InChI=1S/C14H14ClN3O/c1-2-19-14-9-11(16)5-8-13(14)18-17-12-6-3-10(15)4-7-12/h3-9H,2,16H2,1H3. The lowest BCUT2D eigenvalue weighted by atomic mass is 10.2. The van der Waals surface area contributed by atoms with E-state index >= 15 is 0 Å². The van der Waals surface area contributed by atoms with Gasteiger partial charge in [0.05, 0.1) is 12.3 Å². The highest BCUT2D eigenvalue weighted by Crippen LogP contribution is 2.31. The molecule has 0 amide bonds. The lowest BCUT2D eigenvalue weighted by molar-refractivity contribution is 0.341. The molecule has 0 saturated carbocycles. The van der Waals surface area contributed by atoms with Gasteiger partial charge in [0.1, 0.15) is 11.4 Å². The van der Waals surface area contributed by atoms with Gasteiger partial charge in [0, 0.05) is 16.8 Å². The topological polar surface area (TPSA) is 60.0 Å². The Kier molecular flexibility index (Phi) is 4.36. The Morgan fingerprint density at radius 1 is 1.11 bits per heavy atom. The summed E-state index contributed by atoms with van der Waals surface area (Å²) in [4.78, 5) is 0. The Labute approximate surface area is 116 Å². The van der Waals surface area contributed by atoms with Crippen LogP contribution in [0.15, 0.2) is 52.7 Å². The predicted molar refractivity (Wildman–Crippen MR) is 77.7 cm³/mol. The average molecular weight is 276 g/mol. The zero-order chi connectivity index (χ0) is 13.7. The molecule has 2 aromatic carbocycles. The number of nitrogens with two attached hydrogens (primary N) is 1. The van der Waals surface area contributed by atoms with Crippen LogP contribution in [0, 0.1) is 0 Å². The van der Waals surface area contributed by atoms with Crippen LogP contribution < -0.4 is 10.5 Å². The van der Waals surface area contributed by atoms with Gasteiger partial charge in [0.2, 0.25) is 0 Å². The first-order valence-electron chi connectivity index (χ1n) is 5.88. The van der Waals surface area contributed by atoms with E-state index in [4.69, 9.17) is 22.1 Å². The SMILES string of the molecule is CCOc1cc(N)ccc1N=Nc1ccc(Cl)cc1. The minimum atomic E-state index is 0.549. The summed E-state index contributed by atoms with van der Waals surface area (Å²) in [6, 6.07) is 12.4. The van der Waals surface area contributed by atoms with E-state index in [-0.39, 0.29) is 0 Å². The number of nitrogen functional groups attached to an aromatic ring is 1. The summed E-state index contributed by atoms with van der Waals surface area (Å²) in [5, 5.41) is 8.97. The molecule has 2 N–H and O–H groups in total. The van der Waals surface area contributed by atoms with Crippen LogP contribution in [0.5, 0.6) is 5.75 Å².